The number of nitrogens with zero attached hydrogens (tertiary/aromatic N) is 3. The molecule has 0 aromatic carbocycles. The third-order valence-electron chi connectivity index (χ3n) is 2.81. The van der Waals surface area contributed by atoms with E-state index >= 15 is 0 Å². The molecule has 2 amide bonds. The van der Waals surface area contributed by atoms with E-state index in [0.29, 0.717) is 23.8 Å². The number of likely N-dealkylation sites (N-methyl/N-ethyl adjacent to an activating group) is 2. The molecule has 1 heterocycles. The summed E-state index contributed by atoms with van der Waals surface area (Å²) < 4.78 is 0. The zero-order valence-corrected chi connectivity index (χ0v) is 12.1. The molecule has 0 aliphatic carbocycles. The molecular formula is C13H18ClN3O2. The van der Waals surface area contributed by atoms with E-state index in [2.05, 4.69) is 4.98 Å². The molecule has 0 radical (unpaired) electrons. The Kier molecular flexibility index (Phi) is 5.76. The highest BCUT2D eigenvalue weighted by atomic mass is 35.5. The van der Waals surface area contributed by atoms with E-state index in [1.54, 1.807) is 24.1 Å². The van der Waals surface area contributed by atoms with Gasteiger partial charge in [-0.2, -0.15) is 0 Å². The minimum absolute atomic E-state index is 0.0587. The van der Waals surface area contributed by atoms with Crippen LogP contribution >= 0.6 is 11.6 Å². The summed E-state index contributed by atoms with van der Waals surface area (Å²) >= 11 is 5.66. The van der Waals surface area contributed by atoms with Gasteiger partial charge >= 0.3 is 0 Å². The standard InChI is InChI=1S/C13H18ClN3O2/c1-4-17(5-2)12(18)9-16(3)13(19)10-6-7-11(14)15-8-10/h6-8H,4-5,9H2,1-3H3. The molecule has 1 aromatic heterocycles. The normalized spacial score (nSPS) is 10.1. The van der Waals surface area contributed by atoms with Gasteiger partial charge in [0.1, 0.15) is 5.15 Å². The van der Waals surface area contributed by atoms with Crippen molar-refractivity contribution in [3.63, 3.8) is 0 Å². The molecule has 0 saturated heterocycles. The van der Waals surface area contributed by atoms with Gasteiger partial charge < -0.3 is 9.80 Å². The fourth-order valence-corrected chi connectivity index (χ4v) is 1.79. The van der Waals surface area contributed by atoms with Crippen LogP contribution in [0.15, 0.2) is 18.3 Å². The summed E-state index contributed by atoms with van der Waals surface area (Å²) in [5.41, 5.74) is 0.416. The zero-order chi connectivity index (χ0) is 14.4. The smallest absolute Gasteiger partial charge is 0.255 e. The quantitative estimate of drug-likeness (QED) is 0.773. The highest BCUT2D eigenvalue weighted by Gasteiger charge is 2.17. The first-order valence-electron chi connectivity index (χ1n) is 6.14. The van der Waals surface area contributed by atoms with Crippen LogP contribution in [-0.4, -0.2) is 53.3 Å². The SMILES string of the molecule is CCN(CC)C(=O)CN(C)C(=O)c1ccc(Cl)nc1. The number of hydrogen-bond acceptors (Lipinski definition) is 3. The van der Waals surface area contributed by atoms with Gasteiger partial charge in [-0.25, -0.2) is 4.98 Å². The molecule has 0 saturated carbocycles. The average molecular weight is 284 g/mol. The maximum absolute atomic E-state index is 12.1. The number of hydrogen-bond donors (Lipinski definition) is 0. The fraction of sp³-hybridized carbons (Fsp3) is 0.462. The van der Waals surface area contributed by atoms with Crippen molar-refractivity contribution in [1.82, 2.24) is 14.8 Å². The molecule has 0 bridgehead atoms. The summed E-state index contributed by atoms with van der Waals surface area (Å²) in [6.45, 7) is 5.15. The van der Waals surface area contributed by atoms with Crippen LogP contribution in [0.25, 0.3) is 0 Å². The molecule has 0 spiro atoms. The van der Waals surface area contributed by atoms with Gasteiger partial charge in [-0.1, -0.05) is 11.6 Å². The monoisotopic (exact) mass is 283 g/mol. The third kappa shape index (κ3) is 4.21. The lowest BCUT2D eigenvalue weighted by Crippen LogP contribution is -2.41. The molecule has 6 heteroatoms. The highest BCUT2D eigenvalue weighted by Crippen LogP contribution is 2.07. The number of halogens is 1. The number of aromatic nitrogens is 1. The van der Waals surface area contributed by atoms with Gasteiger partial charge in [0, 0.05) is 26.3 Å². The Balaban J connectivity index is 2.67. The minimum atomic E-state index is -0.246. The Morgan fingerprint density at radius 2 is 1.89 bits per heavy atom. The van der Waals surface area contributed by atoms with E-state index in [1.807, 2.05) is 13.8 Å². The topological polar surface area (TPSA) is 53.5 Å². The molecule has 0 N–H and O–H groups in total. The van der Waals surface area contributed by atoms with Crippen molar-refractivity contribution >= 4 is 23.4 Å². The first-order valence-corrected chi connectivity index (χ1v) is 6.52. The van der Waals surface area contributed by atoms with Crippen molar-refractivity contribution in [3.05, 3.63) is 29.0 Å². The van der Waals surface area contributed by atoms with Gasteiger partial charge in [0.15, 0.2) is 0 Å². The Morgan fingerprint density at radius 3 is 2.37 bits per heavy atom. The first kappa shape index (κ1) is 15.4. The van der Waals surface area contributed by atoms with E-state index in [0.717, 1.165) is 0 Å². The van der Waals surface area contributed by atoms with Crippen molar-refractivity contribution < 1.29 is 9.59 Å². The first-order chi connectivity index (χ1) is 8.99. The molecule has 0 unspecified atom stereocenters. The lowest BCUT2D eigenvalue weighted by atomic mass is 10.2. The van der Waals surface area contributed by atoms with E-state index < -0.39 is 0 Å². The zero-order valence-electron chi connectivity index (χ0n) is 11.4. The van der Waals surface area contributed by atoms with Crippen LogP contribution in [0.3, 0.4) is 0 Å². The van der Waals surface area contributed by atoms with E-state index in [-0.39, 0.29) is 18.4 Å². The Hall–Kier alpha value is -1.62. The number of pyridine rings is 1. The molecule has 0 aliphatic rings. The van der Waals surface area contributed by atoms with E-state index in [4.69, 9.17) is 11.6 Å². The molecule has 1 rings (SSSR count). The Morgan fingerprint density at radius 1 is 1.26 bits per heavy atom. The second kappa shape index (κ2) is 7.09. The molecular weight excluding hydrogens is 266 g/mol. The predicted octanol–water partition coefficient (Wildman–Crippen LogP) is 1.68. The number of rotatable bonds is 5. The van der Waals surface area contributed by atoms with Gasteiger partial charge in [-0.15, -0.1) is 0 Å². The van der Waals surface area contributed by atoms with Crippen LogP contribution in [0.1, 0.15) is 24.2 Å². The highest BCUT2D eigenvalue weighted by molar-refractivity contribution is 6.29. The van der Waals surface area contributed by atoms with Crippen LogP contribution < -0.4 is 0 Å². The lowest BCUT2D eigenvalue weighted by Gasteiger charge is -2.23. The second-order valence-corrected chi connectivity index (χ2v) is 4.48. The predicted molar refractivity (Wildman–Crippen MR) is 74.1 cm³/mol. The largest absolute Gasteiger partial charge is 0.342 e. The van der Waals surface area contributed by atoms with Crippen molar-refractivity contribution in [3.8, 4) is 0 Å². The van der Waals surface area contributed by atoms with Crippen molar-refractivity contribution in [2.75, 3.05) is 26.7 Å². The average Bonchev–Trinajstić information content (AvgIpc) is 2.40. The molecule has 5 nitrogen and oxygen atoms in total. The van der Waals surface area contributed by atoms with Gasteiger partial charge in [-0.05, 0) is 26.0 Å². The third-order valence-corrected chi connectivity index (χ3v) is 3.03. The molecule has 0 fully saturated rings. The summed E-state index contributed by atoms with van der Waals surface area (Å²) in [5, 5.41) is 0.332. The van der Waals surface area contributed by atoms with Gasteiger partial charge in [0.25, 0.3) is 5.91 Å². The summed E-state index contributed by atoms with van der Waals surface area (Å²) in [6.07, 6.45) is 1.41. The maximum atomic E-state index is 12.1. The molecule has 19 heavy (non-hydrogen) atoms. The summed E-state index contributed by atoms with van der Waals surface area (Å²) in [5.74, 6) is -0.313. The minimum Gasteiger partial charge on any atom is -0.342 e. The Bertz CT molecular complexity index is 444. The maximum Gasteiger partial charge on any atom is 0.255 e. The van der Waals surface area contributed by atoms with Gasteiger partial charge in [-0.3, -0.25) is 9.59 Å². The van der Waals surface area contributed by atoms with Gasteiger partial charge in [0.2, 0.25) is 5.91 Å². The lowest BCUT2D eigenvalue weighted by molar-refractivity contribution is -0.131. The fourth-order valence-electron chi connectivity index (χ4n) is 1.67. The van der Waals surface area contributed by atoms with Crippen molar-refractivity contribution in [2.24, 2.45) is 0 Å². The summed E-state index contributed by atoms with van der Waals surface area (Å²) in [6, 6.07) is 3.14. The number of carbonyl (C=O) groups excluding carboxylic acids is 2. The van der Waals surface area contributed by atoms with Crippen LogP contribution in [0, 0.1) is 0 Å². The Labute approximate surface area is 118 Å². The van der Waals surface area contributed by atoms with Crippen LogP contribution in [0.5, 0.6) is 0 Å². The van der Waals surface area contributed by atoms with Crippen LogP contribution in [0.2, 0.25) is 5.15 Å². The second-order valence-electron chi connectivity index (χ2n) is 4.10. The van der Waals surface area contributed by atoms with Crippen molar-refractivity contribution in [2.45, 2.75) is 13.8 Å². The molecule has 0 aliphatic heterocycles. The molecule has 0 atom stereocenters. The summed E-state index contributed by atoms with van der Waals surface area (Å²) in [7, 11) is 1.60. The number of amides is 2. The number of carbonyl (C=O) groups is 2. The van der Waals surface area contributed by atoms with Crippen LogP contribution in [0.4, 0.5) is 0 Å². The van der Waals surface area contributed by atoms with E-state index in [1.165, 1.54) is 11.1 Å². The van der Waals surface area contributed by atoms with Crippen molar-refractivity contribution in [1.29, 1.82) is 0 Å². The van der Waals surface area contributed by atoms with E-state index in [9.17, 15) is 9.59 Å². The van der Waals surface area contributed by atoms with Gasteiger partial charge in [0.05, 0.1) is 12.1 Å². The molecule has 104 valence electrons. The summed E-state index contributed by atoms with van der Waals surface area (Å²) in [4.78, 5) is 30.9. The van der Waals surface area contributed by atoms with Crippen LogP contribution in [-0.2, 0) is 4.79 Å². The molecule has 1 aromatic rings.